The Balaban J connectivity index is 1.97. The lowest BCUT2D eigenvalue weighted by atomic mass is 10.1. The van der Waals surface area contributed by atoms with Crippen molar-refractivity contribution >= 4 is 27.7 Å². The number of nitrogens with one attached hydrogen (secondary N) is 1. The molecular formula is C12H22ClN3O4S. The van der Waals surface area contributed by atoms with E-state index in [2.05, 4.69) is 5.32 Å². The molecule has 0 spiro atoms. The van der Waals surface area contributed by atoms with Crippen LogP contribution in [0.5, 0.6) is 0 Å². The standard InChI is InChI=1S/C12H22ClN3O4S/c1-10(13)12(17)14-11-3-2-4-16(9-11)21(18,19)15-5-7-20-8-6-15/h10-11H,2-9H2,1H3,(H,14,17). The quantitative estimate of drug-likeness (QED) is 0.718. The molecule has 122 valence electrons. The molecule has 2 aliphatic rings. The summed E-state index contributed by atoms with van der Waals surface area (Å²) in [5.74, 6) is -0.257. The molecule has 2 heterocycles. The van der Waals surface area contributed by atoms with E-state index < -0.39 is 15.6 Å². The fraction of sp³-hybridized carbons (Fsp3) is 0.917. The van der Waals surface area contributed by atoms with Crippen molar-refractivity contribution in [2.45, 2.75) is 31.2 Å². The van der Waals surface area contributed by atoms with E-state index in [9.17, 15) is 13.2 Å². The molecule has 0 aromatic rings. The normalized spacial score (nSPS) is 27.2. The molecule has 0 aromatic carbocycles. The number of piperidine rings is 1. The molecule has 2 atom stereocenters. The smallest absolute Gasteiger partial charge is 0.282 e. The minimum absolute atomic E-state index is 0.178. The molecule has 2 unspecified atom stereocenters. The van der Waals surface area contributed by atoms with Crippen LogP contribution in [0.2, 0.25) is 0 Å². The van der Waals surface area contributed by atoms with Crippen LogP contribution in [0.25, 0.3) is 0 Å². The van der Waals surface area contributed by atoms with E-state index in [1.54, 1.807) is 6.92 Å². The van der Waals surface area contributed by atoms with Gasteiger partial charge in [-0.3, -0.25) is 4.79 Å². The zero-order valence-electron chi connectivity index (χ0n) is 12.1. The van der Waals surface area contributed by atoms with Crippen molar-refractivity contribution < 1.29 is 17.9 Å². The highest BCUT2D eigenvalue weighted by Crippen LogP contribution is 2.18. The first-order chi connectivity index (χ1) is 9.91. The highest BCUT2D eigenvalue weighted by molar-refractivity contribution is 7.86. The van der Waals surface area contributed by atoms with Gasteiger partial charge in [-0.15, -0.1) is 11.6 Å². The van der Waals surface area contributed by atoms with E-state index >= 15 is 0 Å². The lowest BCUT2D eigenvalue weighted by Gasteiger charge is -2.37. The van der Waals surface area contributed by atoms with Crippen molar-refractivity contribution in [3.63, 3.8) is 0 Å². The Labute approximate surface area is 130 Å². The van der Waals surface area contributed by atoms with E-state index in [4.69, 9.17) is 16.3 Å². The Bertz CT molecular complexity index is 465. The summed E-state index contributed by atoms with van der Waals surface area (Å²) in [7, 11) is -3.47. The number of alkyl halides is 1. The van der Waals surface area contributed by atoms with Crippen LogP contribution in [0.3, 0.4) is 0 Å². The minimum Gasteiger partial charge on any atom is -0.379 e. The lowest BCUT2D eigenvalue weighted by Crippen LogP contribution is -2.55. The zero-order valence-corrected chi connectivity index (χ0v) is 13.7. The Hall–Kier alpha value is -0.410. The van der Waals surface area contributed by atoms with Crippen molar-refractivity contribution in [3.05, 3.63) is 0 Å². The zero-order chi connectivity index (χ0) is 15.5. The summed E-state index contributed by atoms with van der Waals surface area (Å²) in [4.78, 5) is 11.6. The van der Waals surface area contributed by atoms with Crippen molar-refractivity contribution in [1.29, 1.82) is 0 Å². The highest BCUT2D eigenvalue weighted by atomic mass is 35.5. The fourth-order valence-corrected chi connectivity index (χ4v) is 4.25. The van der Waals surface area contributed by atoms with Gasteiger partial charge in [0.05, 0.1) is 13.2 Å². The van der Waals surface area contributed by atoms with E-state index in [-0.39, 0.29) is 11.9 Å². The number of nitrogens with zero attached hydrogens (tertiary/aromatic N) is 2. The van der Waals surface area contributed by atoms with Gasteiger partial charge in [0.15, 0.2) is 0 Å². The molecule has 0 bridgehead atoms. The topological polar surface area (TPSA) is 79.0 Å². The van der Waals surface area contributed by atoms with Gasteiger partial charge in [0.1, 0.15) is 5.38 Å². The van der Waals surface area contributed by atoms with Crippen LogP contribution in [0, 0.1) is 0 Å². The number of carbonyl (C=O) groups excluding carboxylic acids is 1. The Morgan fingerprint density at radius 3 is 2.57 bits per heavy atom. The maximum absolute atomic E-state index is 12.6. The summed E-state index contributed by atoms with van der Waals surface area (Å²) < 4.78 is 33.2. The van der Waals surface area contributed by atoms with Gasteiger partial charge in [-0.05, 0) is 19.8 Å². The third-order valence-electron chi connectivity index (χ3n) is 3.71. The number of ether oxygens (including phenoxy) is 1. The molecule has 2 fully saturated rings. The van der Waals surface area contributed by atoms with Gasteiger partial charge in [0.25, 0.3) is 10.2 Å². The van der Waals surface area contributed by atoms with Gasteiger partial charge in [-0.25, -0.2) is 0 Å². The van der Waals surface area contributed by atoms with E-state index in [1.807, 2.05) is 0 Å². The Morgan fingerprint density at radius 2 is 1.95 bits per heavy atom. The van der Waals surface area contributed by atoms with Gasteiger partial charge in [0.2, 0.25) is 5.91 Å². The third-order valence-corrected chi connectivity index (χ3v) is 5.91. The molecule has 0 aliphatic carbocycles. The molecule has 1 N–H and O–H groups in total. The van der Waals surface area contributed by atoms with Crippen LogP contribution in [0.1, 0.15) is 19.8 Å². The molecule has 2 rings (SSSR count). The van der Waals surface area contributed by atoms with Crippen molar-refractivity contribution in [2.75, 3.05) is 39.4 Å². The van der Waals surface area contributed by atoms with Crippen LogP contribution in [0.15, 0.2) is 0 Å². The van der Waals surface area contributed by atoms with Crippen molar-refractivity contribution in [2.24, 2.45) is 0 Å². The molecule has 1 amide bonds. The number of hydrogen-bond donors (Lipinski definition) is 1. The lowest BCUT2D eigenvalue weighted by molar-refractivity contribution is -0.121. The minimum atomic E-state index is -3.47. The predicted molar refractivity (Wildman–Crippen MR) is 79.4 cm³/mol. The molecule has 0 saturated carbocycles. The number of rotatable bonds is 4. The number of amides is 1. The fourth-order valence-electron chi connectivity index (χ4n) is 2.53. The molecular weight excluding hydrogens is 318 g/mol. The summed E-state index contributed by atoms with van der Waals surface area (Å²) >= 11 is 5.73. The number of hydrogen-bond acceptors (Lipinski definition) is 4. The second-order valence-corrected chi connectivity index (χ2v) is 7.92. The number of carbonyl (C=O) groups is 1. The summed E-state index contributed by atoms with van der Waals surface area (Å²) in [6.45, 7) is 4.01. The SMILES string of the molecule is CC(Cl)C(=O)NC1CCCN(S(=O)(=O)N2CCOCC2)C1. The highest BCUT2D eigenvalue weighted by Gasteiger charge is 2.34. The van der Waals surface area contributed by atoms with Crippen molar-refractivity contribution in [3.8, 4) is 0 Å². The van der Waals surface area contributed by atoms with Crippen LogP contribution in [-0.2, 0) is 19.7 Å². The van der Waals surface area contributed by atoms with Gasteiger partial charge in [-0.1, -0.05) is 0 Å². The largest absolute Gasteiger partial charge is 0.379 e. The van der Waals surface area contributed by atoms with Gasteiger partial charge in [-0.2, -0.15) is 17.0 Å². The molecule has 7 nitrogen and oxygen atoms in total. The average molecular weight is 340 g/mol. The second kappa shape index (κ2) is 7.23. The molecule has 21 heavy (non-hydrogen) atoms. The Kier molecular flexibility index (Phi) is 5.84. The van der Waals surface area contributed by atoms with E-state index in [0.29, 0.717) is 39.4 Å². The predicted octanol–water partition coefficient (Wildman–Crippen LogP) is -0.229. The van der Waals surface area contributed by atoms with Gasteiger partial charge < -0.3 is 10.1 Å². The summed E-state index contributed by atoms with van der Waals surface area (Å²) in [6.07, 6.45) is 1.50. The van der Waals surface area contributed by atoms with Crippen LogP contribution in [-0.4, -0.2) is 73.7 Å². The first-order valence-electron chi connectivity index (χ1n) is 7.18. The van der Waals surface area contributed by atoms with E-state index in [1.165, 1.54) is 8.61 Å². The average Bonchev–Trinajstić information content (AvgIpc) is 2.48. The number of halogens is 1. The first kappa shape index (κ1) is 17.0. The maximum Gasteiger partial charge on any atom is 0.282 e. The van der Waals surface area contributed by atoms with Crippen molar-refractivity contribution in [1.82, 2.24) is 13.9 Å². The van der Waals surface area contributed by atoms with Crippen LogP contribution < -0.4 is 5.32 Å². The summed E-state index contributed by atoms with van der Waals surface area (Å²) in [5, 5.41) is 2.19. The molecule has 2 aliphatic heterocycles. The molecule has 2 saturated heterocycles. The first-order valence-corrected chi connectivity index (χ1v) is 9.02. The molecule has 0 aromatic heterocycles. The van der Waals surface area contributed by atoms with Crippen LogP contribution in [0.4, 0.5) is 0 Å². The van der Waals surface area contributed by atoms with Gasteiger partial charge in [0, 0.05) is 32.2 Å². The third kappa shape index (κ3) is 4.29. The second-order valence-electron chi connectivity index (χ2n) is 5.34. The monoisotopic (exact) mass is 339 g/mol. The Morgan fingerprint density at radius 1 is 1.29 bits per heavy atom. The molecule has 9 heteroatoms. The molecule has 0 radical (unpaired) electrons. The van der Waals surface area contributed by atoms with Crippen LogP contribution >= 0.6 is 11.6 Å². The van der Waals surface area contributed by atoms with E-state index in [0.717, 1.165) is 12.8 Å². The number of morpholine rings is 1. The maximum atomic E-state index is 12.6. The summed E-state index contributed by atoms with van der Waals surface area (Å²) in [6, 6.07) is -0.178. The van der Waals surface area contributed by atoms with Gasteiger partial charge >= 0.3 is 0 Å². The summed E-state index contributed by atoms with van der Waals surface area (Å²) in [5.41, 5.74) is 0.